The third-order valence-corrected chi connectivity index (χ3v) is 3.93. The third kappa shape index (κ3) is 2.39. The van der Waals surface area contributed by atoms with E-state index in [0.29, 0.717) is 6.54 Å². The zero-order valence-electron chi connectivity index (χ0n) is 9.61. The van der Waals surface area contributed by atoms with Gasteiger partial charge in [-0.2, -0.15) is 0 Å². The van der Waals surface area contributed by atoms with E-state index in [1.54, 1.807) is 11.3 Å². The van der Waals surface area contributed by atoms with E-state index >= 15 is 0 Å². The van der Waals surface area contributed by atoms with Crippen LogP contribution in [0.15, 0.2) is 33.3 Å². The maximum Gasteiger partial charge on any atom is 0.184 e. The van der Waals surface area contributed by atoms with Crippen molar-refractivity contribution in [2.75, 3.05) is 5.32 Å². The van der Waals surface area contributed by atoms with Crippen LogP contribution >= 0.6 is 27.3 Å². The normalized spacial score (nSPS) is 11.0. The number of anilines is 1. The smallest absolute Gasteiger partial charge is 0.184 e. The monoisotopic (exact) mass is 323 g/mol. The first-order valence-corrected chi connectivity index (χ1v) is 7.04. The van der Waals surface area contributed by atoms with Crippen LogP contribution in [0.4, 0.5) is 5.13 Å². The lowest BCUT2D eigenvalue weighted by Gasteiger charge is -1.96. The van der Waals surface area contributed by atoms with Crippen molar-refractivity contribution >= 4 is 42.6 Å². The molecular weight excluding hydrogens is 314 g/mol. The Kier molecular flexibility index (Phi) is 3.05. The zero-order valence-corrected chi connectivity index (χ0v) is 12.0. The molecule has 3 aromatic rings. The van der Waals surface area contributed by atoms with Gasteiger partial charge in [-0.15, -0.1) is 0 Å². The fourth-order valence-corrected chi connectivity index (χ4v) is 2.83. The molecule has 0 aliphatic rings. The molecule has 6 heteroatoms. The van der Waals surface area contributed by atoms with Crippen molar-refractivity contribution in [1.29, 1.82) is 0 Å². The van der Waals surface area contributed by atoms with E-state index in [1.807, 2.05) is 25.1 Å². The SMILES string of the molecule is Cc1cc(CNc2nc3cc(Br)ccc3s2)on1. The highest BCUT2D eigenvalue weighted by Gasteiger charge is 2.05. The summed E-state index contributed by atoms with van der Waals surface area (Å²) in [5.41, 5.74) is 1.88. The lowest BCUT2D eigenvalue weighted by molar-refractivity contribution is 0.384. The molecular formula is C12H10BrN3OS. The summed E-state index contributed by atoms with van der Waals surface area (Å²) in [6.45, 7) is 2.50. The fourth-order valence-electron chi connectivity index (χ4n) is 1.64. The molecule has 0 bridgehead atoms. The standard InChI is InChI=1S/C12H10BrN3OS/c1-7-4-9(17-16-7)6-14-12-15-10-5-8(13)2-3-11(10)18-12/h2-5H,6H2,1H3,(H,14,15). The van der Waals surface area contributed by atoms with Gasteiger partial charge in [-0.3, -0.25) is 0 Å². The second-order valence-corrected chi connectivity index (χ2v) is 5.87. The summed E-state index contributed by atoms with van der Waals surface area (Å²) in [6, 6.07) is 8.00. The number of nitrogens with one attached hydrogen (secondary N) is 1. The van der Waals surface area contributed by atoms with Crippen LogP contribution in [0.2, 0.25) is 0 Å². The molecule has 0 saturated carbocycles. The predicted molar refractivity (Wildman–Crippen MR) is 75.9 cm³/mol. The Morgan fingerprint density at radius 3 is 3.06 bits per heavy atom. The van der Waals surface area contributed by atoms with Gasteiger partial charge in [-0.1, -0.05) is 32.4 Å². The lowest BCUT2D eigenvalue weighted by Crippen LogP contribution is -1.96. The molecule has 2 aromatic heterocycles. The lowest BCUT2D eigenvalue weighted by atomic mass is 10.3. The quantitative estimate of drug-likeness (QED) is 0.792. The van der Waals surface area contributed by atoms with Crippen molar-refractivity contribution in [1.82, 2.24) is 10.1 Å². The Morgan fingerprint density at radius 1 is 1.39 bits per heavy atom. The van der Waals surface area contributed by atoms with Crippen LogP contribution in [0.1, 0.15) is 11.5 Å². The molecule has 92 valence electrons. The molecule has 1 aromatic carbocycles. The molecule has 0 saturated heterocycles. The van der Waals surface area contributed by atoms with Crippen molar-refractivity contribution in [2.45, 2.75) is 13.5 Å². The molecule has 0 aliphatic carbocycles. The first-order chi connectivity index (χ1) is 8.70. The van der Waals surface area contributed by atoms with Gasteiger partial charge in [-0.05, 0) is 25.1 Å². The number of rotatable bonds is 3. The Balaban J connectivity index is 1.78. The summed E-state index contributed by atoms with van der Waals surface area (Å²) in [6.07, 6.45) is 0. The van der Waals surface area contributed by atoms with Crippen LogP contribution < -0.4 is 5.32 Å². The van der Waals surface area contributed by atoms with E-state index in [-0.39, 0.29) is 0 Å². The molecule has 0 fully saturated rings. The Hall–Kier alpha value is -1.40. The maximum atomic E-state index is 5.14. The summed E-state index contributed by atoms with van der Waals surface area (Å²) in [5.74, 6) is 0.813. The minimum atomic E-state index is 0.599. The maximum absolute atomic E-state index is 5.14. The van der Waals surface area contributed by atoms with Crippen LogP contribution in [0, 0.1) is 6.92 Å². The highest BCUT2D eigenvalue weighted by atomic mass is 79.9. The number of fused-ring (bicyclic) bond motifs is 1. The van der Waals surface area contributed by atoms with Gasteiger partial charge in [0.2, 0.25) is 0 Å². The molecule has 0 radical (unpaired) electrons. The second kappa shape index (κ2) is 4.70. The van der Waals surface area contributed by atoms with Crippen LogP contribution in [-0.4, -0.2) is 10.1 Å². The van der Waals surface area contributed by atoms with Gasteiger partial charge in [-0.25, -0.2) is 4.98 Å². The third-order valence-electron chi connectivity index (χ3n) is 2.44. The first-order valence-electron chi connectivity index (χ1n) is 5.43. The number of aromatic nitrogens is 2. The van der Waals surface area contributed by atoms with Crippen molar-refractivity contribution in [3.8, 4) is 0 Å². The largest absolute Gasteiger partial charge is 0.359 e. The van der Waals surface area contributed by atoms with Crippen LogP contribution in [0.5, 0.6) is 0 Å². The van der Waals surface area contributed by atoms with Gasteiger partial charge >= 0.3 is 0 Å². The Morgan fingerprint density at radius 2 is 2.28 bits per heavy atom. The van der Waals surface area contributed by atoms with Gasteiger partial charge in [0.05, 0.1) is 22.5 Å². The number of benzene rings is 1. The zero-order chi connectivity index (χ0) is 12.5. The summed E-state index contributed by atoms with van der Waals surface area (Å²) >= 11 is 5.07. The summed E-state index contributed by atoms with van der Waals surface area (Å²) in [4.78, 5) is 4.51. The second-order valence-electron chi connectivity index (χ2n) is 3.92. The van der Waals surface area contributed by atoms with E-state index in [4.69, 9.17) is 4.52 Å². The van der Waals surface area contributed by atoms with Crippen LogP contribution in [0.3, 0.4) is 0 Å². The van der Waals surface area contributed by atoms with Gasteiger partial charge in [0.15, 0.2) is 10.9 Å². The number of thiazole rings is 1. The average Bonchev–Trinajstić information content (AvgIpc) is 2.92. The number of hydrogen-bond donors (Lipinski definition) is 1. The van der Waals surface area contributed by atoms with Crippen molar-refractivity contribution < 1.29 is 4.52 Å². The van der Waals surface area contributed by atoms with E-state index in [9.17, 15) is 0 Å². The highest BCUT2D eigenvalue weighted by molar-refractivity contribution is 9.10. The minimum absolute atomic E-state index is 0.599. The topological polar surface area (TPSA) is 51.0 Å². The van der Waals surface area contributed by atoms with Gasteiger partial charge in [0, 0.05) is 10.5 Å². The van der Waals surface area contributed by atoms with Gasteiger partial charge in [0.25, 0.3) is 0 Å². The molecule has 0 atom stereocenters. The van der Waals surface area contributed by atoms with Gasteiger partial charge < -0.3 is 9.84 Å². The van der Waals surface area contributed by atoms with Crippen molar-refractivity contribution in [3.63, 3.8) is 0 Å². The average molecular weight is 324 g/mol. The Bertz CT molecular complexity index is 692. The fraction of sp³-hybridized carbons (Fsp3) is 0.167. The highest BCUT2D eigenvalue weighted by Crippen LogP contribution is 2.28. The summed E-state index contributed by atoms with van der Waals surface area (Å²) < 4.78 is 7.34. The molecule has 18 heavy (non-hydrogen) atoms. The number of aryl methyl sites for hydroxylation is 1. The van der Waals surface area contributed by atoms with E-state index in [1.165, 1.54) is 0 Å². The molecule has 4 nitrogen and oxygen atoms in total. The van der Waals surface area contributed by atoms with E-state index in [0.717, 1.165) is 31.3 Å². The van der Waals surface area contributed by atoms with Crippen molar-refractivity contribution in [3.05, 3.63) is 40.2 Å². The summed E-state index contributed by atoms with van der Waals surface area (Å²) in [7, 11) is 0. The molecule has 0 spiro atoms. The number of hydrogen-bond acceptors (Lipinski definition) is 5. The minimum Gasteiger partial charge on any atom is -0.359 e. The molecule has 0 unspecified atom stereocenters. The molecule has 2 heterocycles. The van der Waals surface area contributed by atoms with Gasteiger partial charge in [0.1, 0.15) is 0 Å². The molecule has 3 rings (SSSR count). The Labute approximate surface area is 116 Å². The van der Waals surface area contributed by atoms with Crippen molar-refractivity contribution in [2.24, 2.45) is 0 Å². The number of halogens is 1. The predicted octanol–water partition coefficient (Wildman–Crippen LogP) is 3.97. The molecule has 1 N–H and O–H groups in total. The number of nitrogens with zero attached hydrogens (tertiary/aromatic N) is 2. The molecule has 0 amide bonds. The summed E-state index contributed by atoms with van der Waals surface area (Å²) in [5, 5.41) is 7.97. The van der Waals surface area contributed by atoms with E-state index < -0.39 is 0 Å². The molecule has 0 aliphatic heterocycles. The first kappa shape index (κ1) is 11.7. The van der Waals surface area contributed by atoms with E-state index in [2.05, 4.69) is 37.5 Å². The van der Waals surface area contributed by atoms with Crippen LogP contribution in [0.25, 0.3) is 10.2 Å². The van der Waals surface area contributed by atoms with Crippen LogP contribution in [-0.2, 0) is 6.54 Å².